The first-order valence-electron chi connectivity index (χ1n) is 5.04. The van der Waals surface area contributed by atoms with Crippen LogP contribution in [0.15, 0.2) is 18.2 Å². The Morgan fingerprint density at radius 3 is 2.94 bits per heavy atom. The minimum atomic E-state index is -0.701. The SMILES string of the molecule is N#CC(NC(=O)c1cccc(F)n1)C1CC1. The van der Waals surface area contributed by atoms with E-state index in [2.05, 4.69) is 10.3 Å². The molecule has 16 heavy (non-hydrogen) atoms. The molecule has 1 amide bonds. The van der Waals surface area contributed by atoms with Crippen molar-refractivity contribution in [3.8, 4) is 6.07 Å². The van der Waals surface area contributed by atoms with E-state index in [4.69, 9.17) is 5.26 Å². The molecular weight excluding hydrogens is 209 g/mol. The second-order valence-electron chi connectivity index (χ2n) is 3.76. The molecule has 0 radical (unpaired) electrons. The van der Waals surface area contributed by atoms with Gasteiger partial charge in [0.05, 0.1) is 6.07 Å². The third-order valence-corrected chi connectivity index (χ3v) is 2.47. The summed E-state index contributed by atoms with van der Waals surface area (Å²) < 4.78 is 12.8. The molecule has 1 aliphatic carbocycles. The Hall–Kier alpha value is -1.96. The van der Waals surface area contributed by atoms with Gasteiger partial charge in [0.25, 0.3) is 5.91 Å². The molecule has 0 aromatic carbocycles. The van der Waals surface area contributed by atoms with E-state index in [9.17, 15) is 9.18 Å². The molecule has 0 aliphatic heterocycles. The number of carbonyl (C=O) groups excluding carboxylic acids is 1. The predicted octanol–water partition coefficient (Wildman–Crippen LogP) is 1.25. The highest BCUT2D eigenvalue weighted by Crippen LogP contribution is 2.32. The number of carbonyl (C=O) groups is 1. The van der Waals surface area contributed by atoms with Gasteiger partial charge in [-0.1, -0.05) is 6.07 Å². The lowest BCUT2D eigenvalue weighted by molar-refractivity contribution is 0.0935. The summed E-state index contributed by atoms with van der Waals surface area (Å²) in [4.78, 5) is 15.1. The summed E-state index contributed by atoms with van der Waals surface area (Å²) in [5, 5.41) is 11.4. The lowest BCUT2D eigenvalue weighted by atomic mass is 10.2. The zero-order valence-corrected chi connectivity index (χ0v) is 8.48. The first-order valence-corrected chi connectivity index (χ1v) is 5.04. The van der Waals surface area contributed by atoms with Crippen LogP contribution in [0.3, 0.4) is 0 Å². The highest BCUT2D eigenvalue weighted by Gasteiger charge is 2.32. The molecule has 5 heteroatoms. The van der Waals surface area contributed by atoms with Crippen LogP contribution in [0, 0.1) is 23.2 Å². The van der Waals surface area contributed by atoms with Gasteiger partial charge in [0.1, 0.15) is 11.7 Å². The minimum absolute atomic E-state index is 0.000833. The highest BCUT2D eigenvalue weighted by molar-refractivity contribution is 5.92. The number of nitriles is 1. The molecule has 82 valence electrons. The Labute approximate surface area is 92.1 Å². The fourth-order valence-electron chi connectivity index (χ4n) is 1.43. The van der Waals surface area contributed by atoms with Crippen molar-refractivity contribution in [2.45, 2.75) is 18.9 Å². The standard InChI is InChI=1S/C11H10FN3O/c12-10-3-1-2-8(14-10)11(16)15-9(6-13)7-4-5-7/h1-3,7,9H,4-5H2,(H,15,16). The van der Waals surface area contributed by atoms with Crippen LogP contribution in [-0.2, 0) is 0 Å². The maximum Gasteiger partial charge on any atom is 0.271 e. The third-order valence-electron chi connectivity index (χ3n) is 2.47. The second kappa shape index (κ2) is 4.27. The monoisotopic (exact) mass is 219 g/mol. The largest absolute Gasteiger partial charge is 0.335 e. The van der Waals surface area contributed by atoms with Crippen molar-refractivity contribution in [2.24, 2.45) is 5.92 Å². The number of hydrogen-bond donors (Lipinski definition) is 1. The van der Waals surface area contributed by atoms with Gasteiger partial charge in [0, 0.05) is 0 Å². The van der Waals surface area contributed by atoms with Crippen LogP contribution in [0.2, 0.25) is 0 Å². The fraction of sp³-hybridized carbons (Fsp3) is 0.364. The summed E-state index contributed by atoms with van der Waals surface area (Å²) in [6.07, 6.45) is 1.91. The second-order valence-corrected chi connectivity index (χ2v) is 3.76. The summed E-state index contributed by atoms with van der Waals surface area (Å²) in [6, 6.07) is 5.53. The van der Waals surface area contributed by atoms with E-state index in [1.807, 2.05) is 6.07 Å². The number of halogens is 1. The maximum atomic E-state index is 12.8. The molecule has 1 aliphatic rings. The summed E-state index contributed by atoms with van der Waals surface area (Å²) >= 11 is 0. The molecule has 2 rings (SSSR count). The summed E-state index contributed by atoms with van der Waals surface area (Å²) in [5.41, 5.74) is 0.000833. The van der Waals surface area contributed by atoms with Crippen molar-refractivity contribution in [3.63, 3.8) is 0 Å². The first kappa shape index (κ1) is 10.6. The van der Waals surface area contributed by atoms with Gasteiger partial charge >= 0.3 is 0 Å². The molecule has 4 nitrogen and oxygen atoms in total. The molecule has 0 saturated heterocycles. The molecule has 1 saturated carbocycles. The van der Waals surface area contributed by atoms with Gasteiger partial charge in [-0.2, -0.15) is 9.65 Å². The van der Waals surface area contributed by atoms with Crippen LogP contribution < -0.4 is 5.32 Å². The Morgan fingerprint density at radius 2 is 2.38 bits per heavy atom. The zero-order valence-electron chi connectivity index (χ0n) is 8.48. The lowest BCUT2D eigenvalue weighted by Gasteiger charge is -2.09. The first-order chi connectivity index (χ1) is 7.70. The number of nitrogens with one attached hydrogen (secondary N) is 1. The highest BCUT2D eigenvalue weighted by atomic mass is 19.1. The quantitative estimate of drug-likeness (QED) is 0.778. The van der Waals surface area contributed by atoms with Crippen molar-refractivity contribution in [2.75, 3.05) is 0 Å². The van der Waals surface area contributed by atoms with Gasteiger partial charge < -0.3 is 5.32 Å². The molecule has 0 bridgehead atoms. The van der Waals surface area contributed by atoms with Gasteiger partial charge in [-0.3, -0.25) is 4.79 Å². The lowest BCUT2D eigenvalue weighted by Crippen LogP contribution is -2.35. The molecule has 1 fully saturated rings. The van der Waals surface area contributed by atoms with Gasteiger partial charge in [0.15, 0.2) is 0 Å². The molecule has 1 heterocycles. The van der Waals surface area contributed by atoms with E-state index in [0.29, 0.717) is 0 Å². The molecule has 1 aromatic heterocycles. The molecule has 1 unspecified atom stereocenters. The number of aromatic nitrogens is 1. The number of nitrogens with zero attached hydrogens (tertiary/aromatic N) is 2. The predicted molar refractivity (Wildman–Crippen MR) is 53.8 cm³/mol. The minimum Gasteiger partial charge on any atom is -0.335 e. The van der Waals surface area contributed by atoms with Crippen molar-refractivity contribution >= 4 is 5.91 Å². The Balaban J connectivity index is 2.05. The van der Waals surface area contributed by atoms with Crippen molar-refractivity contribution < 1.29 is 9.18 Å². The number of rotatable bonds is 3. The van der Waals surface area contributed by atoms with Gasteiger partial charge in [-0.05, 0) is 30.9 Å². The van der Waals surface area contributed by atoms with E-state index < -0.39 is 17.9 Å². The zero-order chi connectivity index (χ0) is 11.5. The van der Waals surface area contributed by atoms with Crippen LogP contribution in [0.1, 0.15) is 23.3 Å². The average molecular weight is 219 g/mol. The molecule has 1 atom stereocenters. The number of hydrogen-bond acceptors (Lipinski definition) is 3. The van der Waals surface area contributed by atoms with Gasteiger partial charge in [-0.15, -0.1) is 0 Å². The molecule has 1 aromatic rings. The van der Waals surface area contributed by atoms with E-state index in [-0.39, 0.29) is 11.6 Å². The normalized spacial score (nSPS) is 16.2. The Kier molecular flexibility index (Phi) is 2.82. The Morgan fingerprint density at radius 1 is 1.62 bits per heavy atom. The van der Waals surface area contributed by atoms with Gasteiger partial charge in [0.2, 0.25) is 5.95 Å². The van der Waals surface area contributed by atoms with Crippen LogP contribution in [0.4, 0.5) is 4.39 Å². The molecule has 0 spiro atoms. The van der Waals surface area contributed by atoms with Crippen molar-refractivity contribution in [1.29, 1.82) is 5.26 Å². The van der Waals surface area contributed by atoms with Crippen LogP contribution in [0.25, 0.3) is 0 Å². The van der Waals surface area contributed by atoms with Gasteiger partial charge in [-0.25, -0.2) is 4.98 Å². The topological polar surface area (TPSA) is 65.8 Å². The molecule has 1 N–H and O–H groups in total. The number of pyridine rings is 1. The van der Waals surface area contributed by atoms with E-state index in [1.54, 1.807) is 0 Å². The van der Waals surface area contributed by atoms with E-state index >= 15 is 0 Å². The van der Waals surface area contributed by atoms with Crippen LogP contribution in [-0.4, -0.2) is 16.9 Å². The average Bonchev–Trinajstić information content (AvgIpc) is 3.09. The van der Waals surface area contributed by atoms with Crippen molar-refractivity contribution in [3.05, 3.63) is 29.8 Å². The Bertz CT molecular complexity index is 451. The van der Waals surface area contributed by atoms with E-state index in [0.717, 1.165) is 12.8 Å². The summed E-state index contributed by atoms with van der Waals surface area (Å²) in [7, 11) is 0. The number of amides is 1. The third kappa shape index (κ3) is 2.34. The maximum absolute atomic E-state index is 12.8. The smallest absolute Gasteiger partial charge is 0.271 e. The fourth-order valence-corrected chi connectivity index (χ4v) is 1.43. The van der Waals surface area contributed by atoms with Crippen LogP contribution >= 0.6 is 0 Å². The van der Waals surface area contributed by atoms with E-state index in [1.165, 1.54) is 18.2 Å². The van der Waals surface area contributed by atoms with Crippen molar-refractivity contribution in [1.82, 2.24) is 10.3 Å². The van der Waals surface area contributed by atoms with Crippen LogP contribution in [0.5, 0.6) is 0 Å². The molecular formula is C11H10FN3O. The summed E-state index contributed by atoms with van der Waals surface area (Å²) in [6.45, 7) is 0. The summed E-state index contributed by atoms with van der Waals surface area (Å²) in [5.74, 6) is -0.965.